The fraction of sp³-hybridized carbons (Fsp3) is 0.143. The van der Waals surface area contributed by atoms with E-state index < -0.39 is 17.5 Å². The summed E-state index contributed by atoms with van der Waals surface area (Å²) >= 11 is 0. The van der Waals surface area contributed by atoms with Crippen LogP contribution in [0.1, 0.15) is 22.3 Å². The van der Waals surface area contributed by atoms with Crippen molar-refractivity contribution in [3.63, 3.8) is 0 Å². The van der Waals surface area contributed by atoms with Crippen molar-refractivity contribution < 1.29 is 16.4 Å². The minimum Gasteiger partial charge on any atom is -0.260 e. The second-order valence-corrected chi connectivity index (χ2v) is 13.2. The van der Waals surface area contributed by atoms with Crippen LogP contribution in [0.2, 0.25) is 0 Å². The van der Waals surface area contributed by atoms with E-state index in [1.165, 1.54) is 12.1 Å². The summed E-state index contributed by atoms with van der Waals surface area (Å²) in [4.78, 5) is 0. The maximum atomic E-state index is 14.4. The lowest BCUT2D eigenvalue weighted by Crippen LogP contribution is -2.50. The lowest BCUT2D eigenvalue weighted by Gasteiger charge is -2.14. The molecular formula is C28H28F4Si2. The SMILES string of the molecule is Cc1ccc([Si](F)(F)c2ccc(C)cc2)cc1.Cc1cccc([Si](F)(F)c2cccc(C)c2)c1. The molecule has 176 valence electrons. The number of halogens is 4. The second kappa shape index (κ2) is 10.5. The molecule has 0 radical (unpaired) electrons. The first kappa shape index (κ1) is 25.7. The van der Waals surface area contributed by atoms with Gasteiger partial charge in [0.1, 0.15) is 0 Å². The van der Waals surface area contributed by atoms with Crippen LogP contribution in [0.3, 0.4) is 0 Å². The van der Waals surface area contributed by atoms with Crippen LogP contribution in [0, 0.1) is 27.7 Å². The molecule has 4 aromatic rings. The fourth-order valence-corrected chi connectivity index (χ4v) is 6.81. The monoisotopic (exact) mass is 496 g/mol. The van der Waals surface area contributed by atoms with Crippen LogP contribution in [-0.4, -0.2) is 17.5 Å². The molecule has 4 rings (SSSR count). The number of hydrogen-bond donors (Lipinski definition) is 0. The molecule has 34 heavy (non-hydrogen) atoms. The van der Waals surface area contributed by atoms with Crippen molar-refractivity contribution in [2.24, 2.45) is 0 Å². The molecule has 0 N–H and O–H groups in total. The predicted molar refractivity (Wildman–Crippen MR) is 139 cm³/mol. The Morgan fingerprint density at radius 3 is 1.03 bits per heavy atom. The van der Waals surface area contributed by atoms with Crippen LogP contribution in [0.15, 0.2) is 97.1 Å². The van der Waals surface area contributed by atoms with Gasteiger partial charge in [-0.3, -0.25) is 16.4 Å². The molecule has 0 atom stereocenters. The van der Waals surface area contributed by atoms with E-state index in [4.69, 9.17) is 0 Å². The van der Waals surface area contributed by atoms with E-state index in [1.54, 1.807) is 72.8 Å². The lowest BCUT2D eigenvalue weighted by molar-refractivity contribution is 0.653. The first-order chi connectivity index (χ1) is 16.0. The zero-order valence-corrected chi connectivity index (χ0v) is 21.7. The van der Waals surface area contributed by atoms with E-state index in [9.17, 15) is 16.4 Å². The molecule has 0 amide bonds. The summed E-state index contributed by atoms with van der Waals surface area (Å²) in [7, 11) is -9.02. The Labute approximate surface area is 201 Å². The Morgan fingerprint density at radius 2 is 0.706 bits per heavy atom. The number of aryl methyl sites for hydroxylation is 4. The van der Waals surface area contributed by atoms with Gasteiger partial charge < -0.3 is 0 Å². The van der Waals surface area contributed by atoms with Crippen molar-refractivity contribution in [1.82, 2.24) is 0 Å². The van der Waals surface area contributed by atoms with Gasteiger partial charge in [0.05, 0.1) is 0 Å². The molecule has 0 aliphatic heterocycles. The van der Waals surface area contributed by atoms with E-state index in [1.807, 2.05) is 39.8 Å². The summed E-state index contributed by atoms with van der Waals surface area (Å²) in [5.41, 5.74) is 3.76. The highest BCUT2D eigenvalue weighted by atomic mass is 28.4. The molecule has 0 spiro atoms. The van der Waals surface area contributed by atoms with E-state index in [-0.39, 0.29) is 20.7 Å². The van der Waals surface area contributed by atoms with E-state index in [0.717, 1.165) is 22.3 Å². The molecule has 0 aliphatic rings. The van der Waals surface area contributed by atoms with Crippen LogP contribution in [0.5, 0.6) is 0 Å². The van der Waals surface area contributed by atoms with Crippen molar-refractivity contribution in [2.45, 2.75) is 27.7 Å². The summed E-state index contributed by atoms with van der Waals surface area (Å²) in [5.74, 6) is 0. The first-order valence-electron chi connectivity index (χ1n) is 11.0. The lowest BCUT2D eigenvalue weighted by atomic mass is 10.2. The van der Waals surface area contributed by atoms with Crippen molar-refractivity contribution in [2.75, 3.05) is 0 Å². The van der Waals surface area contributed by atoms with Crippen molar-refractivity contribution >= 4 is 38.2 Å². The van der Waals surface area contributed by atoms with Crippen LogP contribution in [-0.2, 0) is 0 Å². The molecule has 4 aromatic carbocycles. The molecule has 0 fully saturated rings. The summed E-state index contributed by atoms with van der Waals surface area (Å²) in [5, 5.41) is 0.713. The normalized spacial score (nSPS) is 11.5. The molecule has 6 heteroatoms. The molecule has 0 aliphatic carbocycles. The number of benzene rings is 4. The Balaban J connectivity index is 0.000000191. The summed E-state index contributed by atoms with van der Waals surface area (Å²) in [6.45, 7) is 7.47. The molecule has 0 heterocycles. The summed E-state index contributed by atoms with van der Waals surface area (Å²) < 4.78 is 57.4. The largest absolute Gasteiger partial charge is 0.487 e. The van der Waals surface area contributed by atoms with Crippen LogP contribution >= 0.6 is 0 Å². The Hall–Kier alpha value is -2.97. The maximum absolute atomic E-state index is 14.4. The zero-order valence-electron chi connectivity index (χ0n) is 19.7. The first-order valence-corrected chi connectivity index (χ1v) is 14.6. The highest BCUT2D eigenvalue weighted by Gasteiger charge is 2.41. The molecule has 0 saturated heterocycles. The molecule has 0 aromatic heterocycles. The van der Waals surface area contributed by atoms with E-state index >= 15 is 0 Å². The van der Waals surface area contributed by atoms with Crippen molar-refractivity contribution in [3.8, 4) is 0 Å². The smallest absolute Gasteiger partial charge is 0.260 e. The summed E-state index contributed by atoms with van der Waals surface area (Å²) in [6.07, 6.45) is 0. The van der Waals surface area contributed by atoms with Gasteiger partial charge in [-0.2, -0.15) is 0 Å². The Bertz CT molecular complexity index is 1140. The van der Waals surface area contributed by atoms with Crippen molar-refractivity contribution in [1.29, 1.82) is 0 Å². The van der Waals surface area contributed by atoms with Gasteiger partial charge in [0, 0.05) is 20.7 Å². The van der Waals surface area contributed by atoms with Gasteiger partial charge in [-0.1, -0.05) is 119 Å². The topological polar surface area (TPSA) is 0 Å². The fourth-order valence-electron chi connectivity index (χ4n) is 3.54. The molecule has 0 nitrogen and oxygen atoms in total. The molecular weight excluding hydrogens is 468 g/mol. The summed E-state index contributed by atoms with van der Waals surface area (Å²) in [6, 6.07) is 26.4. The number of rotatable bonds is 4. The van der Waals surface area contributed by atoms with Gasteiger partial charge in [-0.25, -0.2) is 0 Å². The molecule has 0 saturated carbocycles. The van der Waals surface area contributed by atoms with Crippen LogP contribution in [0.4, 0.5) is 16.4 Å². The third-order valence-corrected chi connectivity index (χ3v) is 9.78. The van der Waals surface area contributed by atoms with Gasteiger partial charge in [0.2, 0.25) is 0 Å². The van der Waals surface area contributed by atoms with Gasteiger partial charge in [-0.05, 0) is 27.7 Å². The minimum atomic E-state index is -4.52. The Morgan fingerprint density at radius 1 is 0.382 bits per heavy atom. The highest BCUT2D eigenvalue weighted by molar-refractivity contribution is 6.92. The standard InChI is InChI=1S/2C14H14F2Si/c1-11-3-7-13(8-4-11)17(15,16)14-9-5-12(2)6-10-14;1-11-5-3-7-13(9-11)17(15,16)14-8-4-6-12(2)10-14/h2*3-10H,1-2H3. The third kappa shape index (κ3) is 6.13. The zero-order chi connectivity index (χ0) is 24.9. The van der Waals surface area contributed by atoms with Gasteiger partial charge in [-0.15, -0.1) is 0 Å². The second-order valence-electron chi connectivity index (χ2n) is 8.62. The molecule has 0 bridgehead atoms. The maximum Gasteiger partial charge on any atom is 0.487 e. The van der Waals surface area contributed by atoms with Crippen LogP contribution < -0.4 is 20.7 Å². The van der Waals surface area contributed by atoms with Crippen molar-refractivity contribution in [3.05, 3.63) is 119 Å². The average molecular weight is 497 g/mol. The Kier molecular flexibility index (Phi) is 7.94. The minimum absolute atomic E-state index is 0.173. The number of hydrogen-bond acceptors (Lipinski definition) is 0. The molecule has 0 unspecified atom stereocenters. The van der Waals surface area contributed by atoms with E-state index in [2.05, 4.69) is 0 Å². The van der Waals surface area contributed by atoms with E-state index in [0.29, 0.717) is 0 Å². The van der Waals surface area contributed by atoms with Crippen LogP contribution in [0.25, 0.3) is 0 Å². The predicted octanol–water partition coefficient (Wildman–Crippen LogP) is 5.60. The van der Waals surface area contributed by atoms with Gasteiger partial charge in [0.15, 0.2) is 0 Å². The van der Waals surface area contributed by atoms with Gasteiger partial charge in [0.25, 0.3) is 0 Å². The third-order valence-electron chi connectivity index (χ3n) is 5.59. The van der Waals surface area contributed by atoms with Gasteiger partial charge >= 0.3 is 17.5 Å². The highest BCUT2D eigenvalue weighted by Crippen LogP contribution is 2.12. The average Bonchev–Trinajstić information content (AvgIpc) is 2.80. The quantitative estimate of drug-likeness (QED) is 0.196.